The monoisotopic (exact) mass is 523 g/mol. The molecule has 0 unspecified atom stereocenters. The predicted molar refractivity (Wildman–Crippen MR) is 150 cm³/mol. The van der Waals surface area contributed by atoms with Crippen molar-refractivity contribution in [1.29, 1.82) is 0 Å². The number of benzene rings is 3. The van der Waals surface area contributed by atoms with Crippen LogP contribution >= 0.6 is 0 Å². The van der Waals surface area contributed by atoms with Crippen LogP contribution in [0.5, 0.6) is 0 Å². The van der Waals surface area contributed by atoms with Crippen LogP contribution in [0.3, 0.4) is 0 Å². The second kappa shape index (κ2) is 11.2. The number of carboxylic acids is 1. The third kappa shape index (κ3) is 5.38. The van der Waals surface area contributed by atoms with Gasteiger partial charge >= 0.3 is 5.97 Å². The van der Waals surface area contributed by atoms with Crippen molar-refractivity contribution in [1.82, 2.24) is 9.55 Å². The van der Waals surface area contributed by atoms with Crippen molar-refractivity contribution in [2.45, 2.75) is 19.8 Å². The third-order valence-corrected chi connectivity index (χ3v) is 6.73. The number of hydrogen-bond acceptors (Lipinski definition) is 5. The van der Waals surface area contributed by atoms with Crippen LogP contribution in [0.15, 0.2) is 85.2 Å². The number of aromatic nitrogens is 2. The summed E-state index contributed by atoms with van der Waals surface area (Å²) < 4.78 is 1.91. The second-order valence-corrected chi connectivity index (χ2v) is 9.23. The molecule has 0 bridgehead atoms. The van der Waals surface area contributed by atoms with Crippen LogP contribution in [-0.2, 0) is 11.2 Å². The Bertz CT molecular complexity index is 1510. The van der Waals surface area contributed by atoms with Crippen molar-refractivity contribution >= 4 is 34.8 Å². The van der Waals surface area contributed by atoms with Crippen molar-refractivity contribution in [2.24, 2.45) is 0 Å². The first-order chi connectivity index (χ1) is 19.0. The zero-order valence-electron chi connectivity index (χ0n) is 21.6. The summed E-state index contributed by atoms with van der Waals surface area (Å²) in [5, 5.41) is 12.3. The molecule has 2 amide bonds. The fourth-order valence-corrected chi connectivity index (χ4v) is 4.90. The largest absolute Gasteiger partial charge is 0.480 e. The third-order valence-electron chi connectivity index (χ3n) is 6.73. The zero-order valence-corrected chi connectivity index (χ0v) is 21.6. The Labute approximate surface area is 226 Å². The van der Waals surface area contributed by atoms with Crippen LogP contribution in [0.4, 0.5) is 17.1 Å². The van der Waals surface area contributed by atoms with E-state index in [9.17, 15) is 19.5 Å². The quantitative estimate of drug-likeness (QED) is 0.366. The van der Waals surface area contributed by atoms with Crippen molar-refractivity contribution in [2.75, 3.05) is 34.8 Å². The maximum atomic E-state index is 13.5. The van der Waals surface area contributed by atoms with Gasteiger partial charge in [-0.05, 0) is 55.0 Å². The van der Waals surface area contributed by atoms with Gasteiger partial charge in [0.25, 0.3) is 11.8 Å². The average molecular weight is 524 g/mol. The smallest absolute Gasteiger partial charge is 0.323 e. The summed E-state index contributed by atoms with van der Waals surface area (Å²) in [5.74, 6) is -0.504. The lowest BCUT2D eigenvalue weighted by molar-refractivity contribution is -0.135. The molecule has 2 N–H and O–H groups in total. The molecule has 0 atom stereocenters. The summed E-state index contributed by atoms with van der Waals surface area (Å²) in [5.41, 5.74) is 3.70. The summed E-state index contributed by atoms with van der Waals surface area (Å²) in [6, 6.07) is 21.5. The second-order valence-electron chi connectivity index (χ2n) is 9.23. The highest BCUT2D eigenvalue weighted by molar-refractivity contribution is 6.09. The molecule has 1 aliphatic heterocycles. The Morgan fingerprint density at radius 3 is 2.31 bits per heavy atom. The van der Waals surface area contributed by atoms with E-state index in [-0.39, 0.29) is 18.4 Å². The number of carboxylic acid groups (broad SMARTS) is 1. The van der Waals surface area contributed by atoms with Gasteiger partial charge in [-0.25, -0.2) is 4.98 Å². The van der Waals surface area contributed by atoms with E-state index < -0.39 is 5.97 Å². The number of hydrogen-bond donors (Lipinski definition) is 2. The van der Waals surface area contributed by atoms with Crippen molar-refractivity contribution in [3.63, 3.8) is 0 Å². The van der Waals surface area contributed by atoms with E-state index in [0.29, 0.717) is 42.0 Å². The minimum atomic E-state index is -0.916. The van der Waals surface area contributed by atoms with E-state index in [1.807, 2.05) is 60.2 Å². The molecular formula is C30H29N5O4. The topological polar surface area (TPSA) is 108 Å². The fraction of sp³-hybridized carbons (Fsp3) is 0.200. The number of imidazole rings is 1. The number of carbonyl (C=O) groups excluding carboxylic acids is 2. The lowest BCUT2D eigenvalue weighted by atomic mass is 10.1. The first kappa shape index (κ1) is 25.7. The Hall–Kier alpha value is -4.92. The molecule has 4 aromatic rings. The van der Waals surface area contributed by atoms with E-state index >= 15 is 0 Å². The maximum absolute atomic E-state index is 13.5. The molecule has 0 aliphatic carbocycles. The Kier molecular flexibility index (Phi) is 7.40. The van der Waals surface area contributed by atoms with Gasteiger partial charge in [-0.2, -0.15) is 0 Å². The first-order valence-electron chi connectivity index (χ1n) is 12.9. The van der Waals surface area contributed by atoms with Crippen LogP contribution < -0.4 is 15.1 Å². The van der Waals surface area contributed by atoms with E-state index in [4.69, 9.17) is 0 Å². The predicted octanol–water partition coefficient (Wildman–Crippen LogP) is 4.63. The fourth-order valence-electron chi connectivity index (χ4n) is 4.90. The molecule has 2 heterocycles. The standard InChI is InChI=1S/C30H29N5O4/c1-2-27-31-16-19-34(27)24-9-4-3-8-23(24)29(38)32-22-14-12-21(13-15-22)30(39)35-18-7-17-33(20-28(36)37)25-10-5-6-11-26(25)35/h3-6,8-16,19H,2,7,17-18,20H2,1H3,(H,32,38)(H,36,37). The van der Waals surface area contributed by atoms with Crippen LogP contribution in [0.25, 0.3) is 5.69 Å². The highest BCUT2D eigenvalue weighted by atomic mass is 16.4. The number of carbonyl (C=O) groups is 3. The summed E-state index contributed by atoms with van der Waals surface area (Å²) in [6.45, 7) is 2.89. The van der Waals surface area contributed by atoms with Gasteiger partial charge in [0, 0.05) is 43.2 Å². The minimum Gasteiger partial charge on any atom is -0.480 e. The molecule has 0 radical (unpaired) electrons. The van der Waals surface area contributed by atoms with Crippen LogP contribution in [-0.4, -0.2) is 52.1 Å². The molecule has 0 fully saturated rings. The van der Waals surface area contributed by atoms with Gasteiger partial charge in [0.05, 0.1) is 22.6 Å². The summed E-state index contributed by atoms with van der Waals surface area (Å²) in [6.07, 6.45) is 4.93. The highest BCUT2D eigenvalue weighted by Crippen LogP contribution is 2.33. The van der Waals surface area contributed by atoms with E-state index in [1.165, 1.54) is 0 Å². The van der Waals surface area contributed by atoms with Gasteiger partial charge in [-0.3, -0.25) is 14.4 Å². The number of aryl methyl sites for hydroxylation is 1. The highest BCUT2D eigenvalue weighted by Gasteiger charge is 2.26. The molecular weight excluding hydrogens is 494 g/mol. The number of fused-ring (bicyclic) bond motifs is 1. The van der Waals surface area contributed by atoms with Crippen molar-refractivity contribution < 1.29 is 19.5 Å². The lowest BCUT2D eigenvalue weighted by Gasteiger charge is -2.25. The summed E-state index contributed by atoms with van der Waals surface area (Å²) in [4.78, 5) is 46.0. The SMILES string of the molecule is CCc1nccn1-c1ccccc1C(=O)Nc1ccc(C(=O)N2CCCN(CC(=O)O)c3ccccc32)cc1. The van der Waals surface area contributed by atoms with Gasteiger partial charge in [-0.15, -0.1) is 0 Å². The van der Waals surface area contributed by atoms with Crippen LogP contribution in [0.2, 0.25) is 0 Å². The molecule has 3 aromatic carbocycles. The van der Waals surface area contributed by atoms with Crippen molar-refractivity contribution in [3.05, 3.63) is 102 Å². The Morgan fingerprint density at radius 2 is 1.59 bits per heavy atom. The van der Waals surface area contributed by atoms with Crippen LogP contribution in [0.1, 0.15) is 39.9 Å². The number of aliphatic carboxylic acids is 1. The molecule has 9 nitrogen and oxygen atoms in total. The zero-order chi connectivity index (χ0) is 27.4. The minimum absolute atomic E-state index is 0.128. The van der Waals surface area contributed by atoms with Gasteiger partial charge in [0.1, 0.15) is 12.4 Å². The normalized spacial score (nSPS) is 12.9. The molecule has 0 saturated heterocycles. The van der Waals surface area contributed by atoms with Gasteiger partial charge in [-0.1, -0.05) is 31.2 Å². The Morgan fingerprint density at radius 1 is 0.897 bits per heavy atom. The molecule has 198 valence electrons. The van der Waals surface area contributed by atoms with Crippen molar-refractivity contribution in [3.8, 4) is 5.69 Å². The average Bonchev–Trinajstić information content (AvgIpc) is 3.36. The van der Waals surface area contributed by atoms with E-state index in [1.54, 1.807) is 46.3 Å². The number of anilines is 3. The lowest BCUT2D eigenvalue weighted by Crippen LogP contribution is -2.31. The number of amides is 2. The number of para-hydroxylation sites is 3. The summed E-state index contributed by atoms with van der Waals surface area (Å²) in [7, 11) is 0. The van der Waals surface area contributed by atoms with Crippen LogP contribution in [0, 0.1) is 0 Å². The Balaban J connectivity index is 1.35. The number of nitrogens with zero attached hydrogens (tertiary/aromatic N) is 4. The molecule has 0 saturated carbocycles. The molecule has 0 spiro atoms. The summed E-state index contributed by atoms with van der Waals surface area (Å²) >= 11 is 0. The molecule has 39 heavy (non-hydrogen) atoms. The number of nitrogens with one attached hydrogen (secondary N) is 1. The van der Waals surface area contributed by atoms with E-state index in [2.05, 4.69) is 10.3 Å². The van der Waals surface area contributed by atoms with Gasteiger partial charge in [0.15, 0.2) is 0 Å². The number of rotatable bonds is 7. The first-order valence-corrected chi connectivity index (χ1v) is 12.9. The van der Waals surface area contributed by atoms with Gasteiger partial charge < -0.3 is 24.8 Å². The van der Waals surface area contributed by atoms with Gasteiger partial charge in [0.2, 0.25) is 0 Å². The maximum Gasteiger partial charge on any atom is 0.323 e. The molecule has 5 rings (SSSR count). The molecule has 9 heteroatoms. The van der Waals surface area contributed by atoms with E-state index in [0.717, 1.165) is 23.6 Å². The molecule has 1 aliphatic rings. The molecule has 1 aromatic heterocycles.